The molecule has 0 radical (unpaired) electrons. The number of carbonyl (C=O) groups is 1. The van der Waals surface area contributed by atoms with Gasteiger partial charge in [-0.25, -0.2) is 0 Å². The standard InChI is InChI=1S/C14H20BrNO2/c1-3-4-9-18-10-8-16-14(17)12-6-5-7-13(15)11(12)2/h5-7H,3-4,8-10H2,1-2H3,(H,16,17). The lowest BCUT2D eigenvalue weighted by atomic mass is 10.1. The number of benzene rings is 1. The minimum absolute atomic E-state index is 0.0482. The number of nitrogens with one attached hydrogen (secondary N) is 1. The summed E-state index contributed by atoms with van der Waals surface area (Å²) in [5.41, 5.74) is 1.67. The molecule has 0 aromatic heterocycles. The molecular formula is C14H20BrNO2. The van der Waals surface area contributed by atoms with Crippen molar-refractivity contribution in [3.8, 4) is 0 Å². The molecule has 0 aliphatic heterocycles. The first kappa shape index (κ1) is 15.2. The van der Waals surface area contributed by atoms with E-state index >= 15 is 0 Å². The van der Waals surface area contributed by atoms with E-state index in [9.17, 15) is 4.79 Å². The van der Waals surface area contributed by atoms with Gasteiger partial charge < -0.3 is 10.1 Å². The summed E-state index contributed by atoms with van der Waals surface area (Å²) < 4.78 is 6.34. The fraction of sp³-hybridized carbons (Fsp3) is 0.500. The third kappa shape index (κ3) is 4.78. The second-order valence-corrected chi connectivity index (χ2v) is 4.99. The van der Waals surface area contributed by atoms with Gasteiger partial charge in [0.2, 0.25) is 0 Å². The van der Waals surface area contributed by atoms with E-state index in [-0.39, 0.29) is 5.91 Å². The van der Waals surface area contributed by atoms with Gasteiger partial charge in [0, 0.05) is 23.2 Å². The van der Waals surface area contributed by atoms with E-state index in [2.05, 4.69) is 28.2 Å². The summed E-state index contributed by atoms with van der Waals surface area (Å²) >= 11 is 3.42. The molecule has 0 aliphatic rings. The Morgan fingerprint density at radius 2 is 2.17 bits per heavy atom. The monoisotopic (exact) mass is 313 g/mol. The van der Waals surface area contributed by atoms with E-state index in [4.69, 9.17) is 4.74 Å². The summed E-state index contributed by atoms with van der Waals surface area (Å²) in [6, 6.07) is 5.62. The Bertz CT molecular complexity index is 393. The minimum Gasteiger partial charge on any atom is -0.380 e. The first-order valence-electron chi connectivity index (χ1n) is 6.28. The fourth-order valence-electron chi connectivity index (χ4n) is 1.53. The van der Waals surface area contributed by atoms with Crippen LogP contribution in [0.5, 0.6) is 0 Å². The molecule has 0 aliphatic carbocycles. The molecule has 18 heavy (non-hydrogen) atoms. The Morgan fingerprint density at radius 3 is 2.89 bits per heavy atom. The van der Waals surface area contributed by atoms with Gasteiger partial charge in [-0.15, -0.1) is 0 Å². The van der Waals surface area contributed by atoms with Crippen LogP contribution in [-0.4, -0.2) is 25.7 Å². The summed E-state index contributed by atoms with van der Waals surface area (Å²) in [6.07, 6.45) is 2.20. The largest absolute Gasteiger partial charge is 0.380 e. The molecule has 0 saturated heterocycles. The third-order valence-corrected chi connectivity index (χ3v) is 3.55. The van der Waals surface area contributed by atoms with Crippen molar-refractivity contribution in [2.45, 2.75) is 26.7 Å². The summed E-state index contributed by atoms with van der Waals surface area (Å²) in [4.78, 5) is 11.9. The summed E-state index contributed by atoms with van der Waals surface area (Å²) in [7, 11) is 0. The fourth-order valence-corrected chi connectivity index (χ4v) is 1.90. The zero-order chi connectivity index (χ0) is 13.4. The lowest BCUT2D eigenvalue weighted by Crippen LogP contribution is -2.28. The van der Waals surface area contributed by atoms with Gasteiger partial charge in [-0.1, -0.05) is 35.3 Å². The molecule has 0 fully saturated rings. The Hall–Kier alpha value is -0.870. The Labute approximate surface area is 117 Å². The maximum absolute atomic E-state index is 11.9. The van der Waals surface area contributed by atoms with Crippen LogP contribution in [0, 0.1) is 6.92 Å². The van der Waals surface area contributed by atoms with E-state index in [0.29, 0.717) is 18.7 Å². The second kappa shape index (κ2) is 8.27. The van der Waals surface area contributed by atoms with Gasteiger partial charge in [0.15, 0.2) is 0 Å². The third-order valence-electron chi connectivity index (χ3n) is 2.69. The smallest absolute Gasteiger partial charge is 0.251 e. The first-order valence-corrected chi connectivity index (χ1v) is 7.07. The molecule has 1 N–H and O–H groups in total. The Kier molecular flexibility index (Phi) is 6.98. The van der Waals surface area contributed by atoms with Crippen molar-refractivity contribution < 1.29 is 9.53 Å². The molecule has 3 nitrogen and oxygen atoms in total. The first-order chi connectivity index (χ1) is 8.66. The highest BCUT2D eigenvalue weighted by atomic mass is 79.9. The van der Waals surface area contributed by atoms with Gasteiger partial charge in [-0.3, -0.25) is 4.79 Å². The molecule has 0 atom stereocenters. The molecule has 1 aromatic carbocycles. The van der Waals surface area contributed by atoms with Crippen LogP contribution in [0.2, 0.25) is 0 Å². The SMILES string of the molecule is CCCCOCCNC(=O)c1cccc(Br)c1C. The van der Waals surface area contributed by atoms with E-state index in [1.165, 1.54) is 0 Å². The van der Waals surface area contributed by atoms with Gasteiger partial charge in [-0.05, 0) is 31.0 Å². The lowest BCUT2D eigenvalue weighted by Gasteiger charge is -2.09. The molecule has 0 saturated carbocycles. The van der Waals surface area contributed by atoms with Crippen LogP contribution in [0.4, 0.5) is 0 Å². The number of rotatable bonds is 7. The van der Waals surface area contributed by atoms with E-state index < -0.39 is 0 Å². The normalized spacial score (nSPS) is 10.4. The summed E-state index contributed by atoms with van der Waals surface area (Å²) in [5.74, 6) is -0.0482. The van der Waals surface area contributed by atoms with Crippen LogP contribution < -0.4 is 5.32 Å². The number of halogens is 1. The van der Waals surface area contributed by atoms with Crippen molar-refractivity contribution in [1.82, 2.24) is 5.32 Å². The molecule has 100 valence electrons. The van der Waals surface area contributed by atoms with Crippen molar-refractivity contribution >= 4 is 21.8 Å². The van der Waals surface area contributed by atoms with Gasteiger partial charge in [0.05, 0.1) is 6.61 Å². The van der Waals surface area contributed by atoms with Crippen molar-refractivity contribution in [2.24, 2.45) is 0 Å². The Morgan fingerprint density at radius 1 is 1.39 bits per heavy atom. The zero-order valence-electron chi connectivity index (χ0n) is 11.0. The average Bonchev–Trinajstić information content (AvgIpc) is 2.36. The summed E-state index contributed by atoms with van der Waals surface area (Å²) in [6.45, 7) is 5.94. The van der Waals surface area contributed by atoms with E-state index in [1.807, 2.05) is 25.1 Å². The van der Waals surface area contributed by atoms with Crippen molar-refractivity contribution in [1.29, 1.82) is 0 Å². The number of hydrogen-bond donors (Lipinski definition) is 1. The van der Waals surface area contributed by atoms with Crippen LogP contribution in [0.15, 0.2) is 22.7 Å². The van der Waals surface area contributed by atoms with Crippen LogP contribution in [0.3, 0.4) is 0 Å². The molecule has 0 unspecified atom stereocenters. The second-order valence-electron chi connectivity index (χ2n) is 4.13. The highest BCUT2D eigenvalue weighted by molar-refractivity contribution is 9.10. The van der Waals surface area contributed by atoms with Gasteiger partial charge in [0.25, 0.3) is 5.91 Å². The number of amides is 1. The quantitative estimate of drug-likeness (QED) is 0.784. The maximum atomic E-state index is 11.9. The molecule has 0 heterocycles. The van der Waals surface area contributed by atoms with Gasteiger partial charge >= 0.3 is 0 Å². The molecule has 1 amide bonds. The van der Waals surface area contributed by atoms with Crippen LogP contribution >= 0.6 is 15.9 Å². The molecular weight excluding hydrogens is 294 g/mol. The number of hydrogen-bond acceptors (Lipinski definition) is 2. The Balaban J connectivity index is 2.35. The van der Waals surface area contributed by atoms with E-state index in [0.717, 1.165) is 29.5 Å². The van der Waals surface area contributed by atoms with Crippen molar-refractivity contribution in [3.63, 3.8) is 0 Å². The summed E-state index contributed by atoms with van der Waals surface area (Å²) in [5, 5.41) is 2.86. The number of ether oxygens (including phenoxy) is 1. The highest BCUT2D eigenvalue weighted by Gasteiger charge is 2.09. The number of carbonyl (C=O) groups excluding carboxylic acids is 1. The van der Waals surface area contributed by atoms with Crippen molar-refractivity contribution in [2.75, 3.05) is 19.8 Å². The zero-order valence-corrected chi connectivity index (χ0v) is 12.5. The molecule has 0 spiro atoms. The maximum Gasteiger partial charge on any atom is 0.251 e. The van der Waals surface area contributed by atoms with Gasteiger partial charge in [-0.2, -0.15) is 0 Å². The van der Waals surface area contributed by atoms with Crippen LogP contribution in [-0.2, 0) is 4.74 Å². The van der Waals surface area contributed by atoms with Crippen molar-refractivity contribution in [3.05, 3.63) is 33.8 Å². The topological polar surface area (TPSA) is 38.3 Å². The minimum atomic E-state index is -0.0482. The molecule has 1 rings (SSSR count). The number of unbranched alkanes of at least 4 members (excludes halogenated alkanes) is 1. The molecule has 4 heteroatoms. The van der Waals surface area contributed by atoms with Crippen LogP contribution in [0.1, 0.15) is 35.7 Å². The predicted molar refractivity (Wildman–Crippen MR) is 76.9 cm³/mol. The predicted octanol–water partition coefficient (Wildman–Crippen LogP) is 3.30. The molecule has 0 bridgehead atoms. The highest BCUT2D eigenvalue weighted by Crippen LogP contribution is 2.19. The lowest BCUT2D eigenvalue weighted by molar-refractivity contribution is 0.0912. The van der Waals surface area contributed by atoms with Crippen LogP contribution in [0.25, 0.3) is 0 Å². The van der Waals surface area contributed by atoms with Gasteiger partial charge in [0.1, 0.15) is 0 Å². The average molecular weight is 314 g/mol. The molecule has 1 aromatic rings. The van der Waals surface area contributed by atoms with E-state index in [1.54, 1.807) is 0 Å².